The van der Waals surface area contributed by atoms with Gasteiger partial charge in [-0.2, -0.15) is 0 Å². The Labute approximate surface area is 110 Å². The second kappa shape index (κ2) is 7.93. The van der Waals surface area contributed by atoms with Crippen LogP contribution in [0.25, 0.3) is 0 Å². The van der Waals surface area contributed by atoms with Gasteiger partial charge in [-0.3, -0.25) is 0 Å². The predicted octanol–water partition coefficient (Wildman–Crippen LogP) is 4.17. The lowest BCUT2D eigenvalue weighted by Crippen LogP contribution is -2.02. The predicted molar refractivity (Wildman–Crippen MR) is 76.0 cm³/mol. The number of allylic oxidation sites excluding steroid dienone is 1. The van der Waals surface area contributed by atoms with Crippen molar-refractivity contribution in [3.05, 3.63) is 42.0 Å². The van der Waals surface area contributed by atoms with Crippen LogP contribution in [0, 0.1) is 6.92 Å². The molecule has 1 rings (SSSR count). The highest BCUT2D eigenvalue weighted by molar-refractivity contribution is 5.38. The van der Waals surface area contributed by atoms with Gasteiger partial charge in [0.1, 0.15) is 5.75 Å². The molecule has 1 aromatic rings. The zero-order chi connectivity index (χ0) is 13.4. The lowest BCUT2D eigenvalue weighted by molar-refractivity contribution is 0.190. The summed E-state index contributed by atoms with van der Waals surface area (Å²) in [5.41, 5.74) is 2.02. The molecule has 0 saturated carbocycles. The maximum Gasteiger partial charge on any atom is 0.125 e. The van der Waals surface area contributed by atoms with Crippen molar-refractivity contribution in [2.24, 2.45) is 0 Å². The average molecular weight is 248 g/mol. The van der Waals surface area contributed by atoms with Gasteiger partial charge in [0.2, 0.25) is 0 Å². The Morgan fingerprint density at radius 2 is 2.11 bits per heavy atom. The molecule has 0 saturated heterocycles. The monoisotopic (exact) mass is 248 g/mol. The number of unbranched alkanes of at least 4 members (excludes halogenated alkanes) is 3. The molecule has 0 radical (unpaired) electrons. The maximum absolute atomic E-state index is 9.71. The third kappa shape index (κ3) is 4.92. The zero-order valence-electron chi connectivity index (χ0n) is 11.5. The minimum Gasteiger partial charge on any atom is -0.493 e. The van der Waals surface area contributed by atoms with Crippen molar-refractivity contribution in [1.29, 1.82) is 0 Å². The van der Waals surface area contributed by atoms with Gasteiger partial charge in [0.15, 0.2) is 0 Å². The Kier molecular flexibility index (Phi) is 6.51. The molecule has 0 aliphatic carbocycles. The summed E-state index contributed by atoms with van der Waals surface area (Å²) in [7, 11) is 0. The van der Waals surface area contributed by atoms with E-state index in [1.165, 1.54) is 6.42 Å². The van der Waals surface area contributed by atoms with Gasteiger partial charge >= 0.3 is 0 Å². The number of hydrogen-bond donors (Lipinski definition) is 1. The van der Waals surface area contributed by atoms with Crippen molar-refractivity contribution in [1.82, 2.24) is 0 Å². The summed E-state index contributed by atoms with van der Waals surface area (Å²) in [5.74, 6) is 0.805. The second-order valence-corrected chi connectivity index (χ2v) is 4.70. The highest BCUT2D eigenvalue weighted by Gasteiger charge is 2.09. The third-order valence-electron chi connectivity index (χ3n) is 2.93. The number of aryl methyl sites for hydroxylation is 1. The highest BCUT2D eigenvalue weighted by Crippen LogP contribution is 2.26. The summed E-state index contributed by atoms with van der Waals surface area (Å²) in [4.78, 5) is 0. The van der Waals surface area contributed by atoms with E-state index in [1.54, 1.807) is 6.92 Å². The second-order valence-electron chi connectivity index (χ2n) is 4.70. The molecule has 1 N–H and O–H groups in total. The Morgan fingerprint density at radius 3 is 2.78 bits per heavy atom. The Hall–Kier alpha value is -1.28. The molecule has 0 spiro atoms. The van der Waals surface area contributed by atoms with Crippen LogP contribution in [0.3, 0.4) is 0 Å². The van der Waals surface area contributed by atoms with Crippen LogP contribution >= 0.6 is 0 Å². The van der Waals surface area contributed by atoms with Gasteiger partial charge in [0.25, 0.3) is 0 Å². The van der Waals surface area contributed by atoms with Crippen molar-refractivity contribution < 1.29 is 9.84 Å². The van der Waals surface area contributed by atoms with E-state index in [2.05, 4.69) is 6.58 Å². The summed E-state index contributed by atoms with van der Waals surface area (Å²) in [5, 5.41) is 9.71. The SMILES string of the molecule is C=CCCCCCOc1ccc(C)cc1[C@H](C)O. The van der Waals surface area contributed by atoms with Crippen LogP contribution in [-0.4, -0.2) is 11.7 Å². The van der Waals surface area contributed by atoms with E-state index in [4.69, 9.17) is 4.74 Å². The standard InChI is InChI=1S/C16H24O2/c1-4-5-6-7-8-11-18-16-10-9-13(2)12-15(16)14(3)17/h4,9-10,12,14,17H,1,5-8,11H2,2-3H3/t14-/m0/s1. The fraction of sp³-hybridized carbons (Fsp3) is 0.500. The lowest BCUT2D eigenvalue weighted by Gasteiger charge is -2.14. The van der Waals surface area contributed by atoms with Crippen molar-refractivity contribution >= 4 is 0 Å². The lowest BCUT2D eigenvalue weighted by atomic mass is 10.1. The van der Waals surface area contributed by atoms with Gasteiger partial charge in [0.05, 0.1) is 12.7 Å². The minimum absolute atomic E-state index is 0.485. The first-order chi connectivity index (χ1) is 8.65. The molecule has 100 valence electrons. The Morgan fingerprint density at radius 1 is 1.33 bits per heavy atom. The largest absolute Gasteiger partial charge is 0.493 e. The van der Waals surface area contributed by atoms with E-state index < -0.39 is 6.10 Å². The van der Waals surface area contributed by atoms with Crippen molar-refractivity contribution in [2.45, 2.75) is 45.6 Å². The van der Waals surface area contributed by atoms with Crippen molar-refractivity contribution in [3.63, 3.8) is 0 Å². The number of hydrogen-bond acceptors (Lipinski definition) is 2. The van der Waals surface area contributed by atoms with E-state index in [9.17, 15) is 5.11 Å². The van der Waals surface area contributed by atoms with E-state index in [1.807, 2.05) is 31.2 Å². The normalized spacial score (nSPS) is 12.2. The molecular formula is C16H24O2. The van der Waals surface area contributed by atoms with Gasteiger partial charge in [-0.05, 0) is 51.7 Å². The average Bonchev–Trinajstić information content (AvgIpc) is 2.35. The van der Waals surface area contributed by atoms with Crippen molar-refractivity contribution in [2.75, 3.05) is 6.61 Å². The molecule has 0 bridgehead atoms. The molecule has 0 aliphatic heterocycles. The van der Waals surface area contributed by atoms with E-state index in [-0.39, 0.29) is 0 Å². The van der Waals surface area contributed by atoms with Crippen LogP contribution in [0.2, 0.25) is 0 Å². The molecular weight excluding hydrogens is 224 g/mol. The number of benzene rings is 1. The maximum atomic E-state index is 9.71. The summed E-state index contributed by atoms with van der Waals surface area (Å²) < 4.78 is 5.75. The molecule has 1 atom stereocenters. The van der Waals surface area contributed by atoms with Gasteiger partial charge in [-0.15, -0.1) is 6.58 Å². The van der Waals surface area contributed by atoms with E-state index in [0.717, 1.165) is 36.1 Å². The van der Waals surface area contributed by atoms with Crippen LogP contribution in [0.1, 0.15) is 49.8 Å². The Bertz CT molecular complexity index is 369. The molecule has 0 heterocycles. The third-order valence-corrected chi connectivity index (χ3v) is 2.93. The Balaban J connectivity index is 2.44. The molecule has 1 aromatic carbocycles. The first-order valence-electron chi connectivity index (χ1n) is 6.67. The van der Waals surface area contributed by atoms with Crippen LogP contribution in [0.4, 0.5) is 0 Å². The van der Waals surface area contributed by atoms with Gasteiger partial charge in [0, 0.05) is 5.56 Å². The smallest absolute Gasteiger partial charge is 0.125 e. The molecule has 0 unspecified atom stereocenters. The van der Waals surface area contributed by atoms with Crippen LogP contribution in [0.5, 0.6) is 5.75 Å². The first-order valence-corrected chi connectivity index (χ1v) is 6.67. The molecule has 0 amide bonds. The van der Waals surface area contributed by atoms with Gasteiger partial charge in [-0.25, -0.2) is 0 Å². The zero-order valence-corrected chi connectivity index (χ0v) is 11.5. The van der Waals surface area contributed by atoms with Crippen LogP contribution in [0.15, 0.2) is 30.9 Å². The molecule has 0 aromatic heterocycles. The molecule has 18 heavy (non-hydrogen) atoms. The van der Waals surface area contributed by atoms with Crippen molar-refractivity contribution in [3.8, 4) is 5.75 Å². The molecule has 0 aliphatic rings. The van der Waals surface area contributed by atoms with E-state index >= 15 is 0 Å². The topological polar surface area (TPSA) is 29.5 Å². The van der Waals surface area contributed by atoms with Crippen LogP contribution < -0.4 is 4.74 Å². The number of rotatable bonds is 8. The highest BCUT2D eigenvalue weighted by atomic mass is 16.5. The number of aliphatic hydroxyl groups excluding tert-OH is 1. The quantitative estimate of drug-likeness (QED) is 0.552. The number of aliphatic hydroxyl groups is 1. The fourth-order valence-corrected chi connectivity index (χ4v) is 1.88. The summed E-state index contributed by atoms with van der Waals surface area (Å²) in [6.07, 6.45) is 5.91. The molecule has 2 nitrogen and oxygen atoms in total. The van der Waals surface area contributed by atoms with E-state index in [0.29, 0.717) is 6.61 Å². The minimum atomic E-state index is -0.485. The summed E-state index contributed by atoms with van der Waals surface area (Å²) in [6, 6.07) is 5.94. The van der Waals surface area contributed by atoms with Gasteiger partial charge < -0.3 is 9.84 Å². The van der Waals surface area contributed by atoms with Gasteiger partial charge in [-0.1, -0.05) is 17.7 Å². The molecule has 0 fully saturated rings. The summed E-state index contributed by atoms with van der Waals surface area (Å²) in [6.45, 7) is 8.20. The van der Waals surface area contributed by atoms with Crippen LogP contribution in [-0.2, 0) is 0 Å². The fourth-order valence-electron chi connectivity index (χ4n) is 1.88. The summed E-state index contributed by atoms with van der Waals surface area (Å²) >= 11 is 0. The molecule has 2 heteroatoms. The number of ether oxygens (including phenoxy) is 1. The first kappa shape index (κ1) is 14.8.